The zero-order valence-corrected chi connectivity index (χ0v) is 9.30. The van der Waals surface area contributed by atoms with E-state index in [2.05, 4.69) is 19.9 Å². The number of aryl methyl sites for hydroxylation is 1. The van der Waals surface area contributed by atoms with Gasteiger partial charge in [-0.25, -0.2) is 0 Å². The van der Waals surface area contributed by atoms with Crippen molar-refractivity contribution in [1.29, 1.82) is 0 Å². The van der Waals surface area contributed by atoms with Crippen molar-refractivity contribution in [2.24, 2.45) is 5.92 Å². The number of nitrogen functional groups attached to an aromatic ring is 2. The first-order valence-corrected chi connectivity index (χ1v) is 5.19. The summed E-state index contributed by atoms with van der Waals surface area (Å²) >= 11 is 0. The van der Waals surface area contributed by atoms with Crippen LogP contribution in [0.15, 0.2) is 12.1 Å². The second-order valence-corrected chi connectivity index (χ2v) is 4.13. The van der Waals surface area contributed by atoms with Gasteiger partial charge in [0.2, 0.25) is 0 Å². The smallest absolute Gasteiger partial charge is 0.0577 e. The van der Waals surface area contributed by atoms with E-state index in [1.807, 2.05) is 13.0 Å². The normalized spacial score (nSPS) is 12.8. The minimum atomic E-state index is 0.706. The van der Waals surface area contributed by atoms with Crippen LogP contribution in [0.2, 0.25) is 0 Å². The topological polar surface area (TPSA) is 52.0 Å². The average Bonchev–Trinajstić information content (AvgIpc) is 2.14. The van der Waals surface area contributed by atoms with E-state index in [0.717, 1.165) is 17.7 Å². The van der Waals surface area contributed by atoms with Crippen LogP contribution >= 0.6 is 0 Å². The van der Waals surface area contributed by atoms with Gasteiger partial charge in [-0.2, -0.15) is 0 Å². The fourth-order valence-electron chi connectivity index (χ4n) is 1.57. The summed E-state index contributed by atoms with van der Waals surface area (Å²) in [7, 11) is 0. The molecule has 0 saturated carbocycles. The van der Waals surface area contributed by atoms with Crippen molar-refractivity contribution in [3.8, 4) is 0 Å². The van der Waals surface area contributed by atoms with E-state index in [1.54, 1.807) is 0 Å². The van der Waals surface area contributed by atoms with Gasteiger partial charge in [0.15, 0.2) is 0 Å². The fourth-order valence-corrected chi connectivity index (χ4v) is 1.57. The van der Waals surface area contributed by atoms with Crippen molar-refractivity contribution in [1.82, 2.24) is 0 Å². The molecule has 0 spiro atoms. The Hall–Kier alpha value is -1.18. The summed E-state index contributed by atoms with van der Waals surface area (Å²) in [5.41, 5.74) is 15.4. The number of benzene rings is 1. The van der Waals surface area contributed by atoms with Gasteiger partial charge in [0.25, 0.3) is 0 Å². The minimum absolute atomic E-state index is 0.706. The number of hydrogen-bond donors (Lipinski definition) is 2. The van der Waals surface area contributed by atoms with Gasteiger partial charge in [0.05, 0.1) is 11.4 Å². The van der Waals surface area contributed by atoms with Crippen LogP contribution in [0.25, 0.3) is 0 Å². The van der Waals surface area contributed by atoms with E-state index in [4.69, 9.17) is 11.5 Å². The van der Waals surface area contributed by atoms with Crippen molar-refractivity contribution >= 4 is 11.4 Å². The molecule has 0 heterocycles. The quantitative estimate of drug-likeness (QED) is 0.723. The summed E-state index contributed by atoms with van der Waals surface area (Å²) in [5.74, 6) is 0.706. The average molecular weight is 192 g/mol. The van der Waals surface area contributed by atoms with Crippen LogP contribution in [-0.4, -0.2) is 0 Å². The third kappa shape index (κ3) is 2.41. The van der Waals surface area contributed by atoms with Gasteiger partial charge in [-0.3, -0.25) is 0 Å². The Labute approximate surface area is 86.3 Å². The molecule has 1 aromatic rings. The molecule has 0 amide bonds. The van der Waals surface area contributed by atoms with Gasteiger partial charge in [0, 0.05) is 0 Å². The predicted octanol–water partition coefficient (Wildman–Crippen LogP) is 2.75. The molecule has 4 N–H and O–H groups in total. The van der Waals surface area contributed by atoms with Crippen LogP contribution in [0.5, 0.6) is 0 Å². The number of nitrogens with two attached hydrogens (primary N) is 2. The zero-order chi connectivity index (χ0) is 10.7. The first-order chi connectivity index (χ1) is 6.54. The molecular formula is C12H20N2. The summed E-state index contributed by atoms with van der Waals surface area (Å²) in [6.07, 6.45) is 2.28. The molecule has 0 aliphatic heterocycles. The molecule has 1 atom stereocenters. The SMILES string of the molecule is CCC(C)Cc1cc(C)c(N)c(N)c1. The van der Waals surface area contributed by atoms with Crippen molar-refractivity contribution in [2.45, 2.75) is 33.6 Å². The summed E-state index contributed by atoms with van der Waals surface area (Å²) < 4.78 is 0. The minimum Gasteiger partial charge on any atom is -0.397 e. The molecule has 0 bridgehead atoms. The van der Waals surface area contributed by atoms with Crippen LogP contribution in [-0.2, 0) is 6.42 Å². The second kappa shape index (κ2) is 4.36. The summed E-state index contributed by atoms with van der Waals surface area (Å²) in [6.45, 7) is 6.46. The standard InChI is InChI=1S/C12H20N2/c1-4-8(2)5-10-6-9(3)12(14)11(13)7-10/h6-8H,4-5,13-14H2,1-3H3. The van der Waals surface area contributed by atoms with Gasteiger partial charge >= 0.3 is 0 Å². The summed E-state index contributed by atoms with van der Waals surface area (Å²) in [4.78, 5) is 0. The molecule has 0 fully saturated rings. The highest BCUT2D eigenvalue weighted by atomic mass is 14.7. The lowest BCUT2D eigenvalue weighted by Gasteiger charge is -2.12. The molecule has 14 heavy (non-hydrogen) atoms. The van der Waals surface area contributed by atoms with Crippen LogP contribution in [0.4, 0.5) is 11.4 Å². The Morgan fingerprint density at radius 1 is 1.29 bits per heavy atom. The van der Waals surface area contributed by atoms with E-state index in [1.165, 1.54) is 12.0 Å². The number of rotatable bonds is 3. The lowest BCUT2D eigenvalue weighted by atomic mass is 9.96. The van der Waals surface area contributed by atoms with Crippen molar-refractivity contribution < 1.29 is 0 Å². The molecule has 1 unspecified atom stereocenters. The van der Waals surface area contributed by atoms with Crippen LogP contribution in [0.1, 0.15) is 31.4 Å². The molecule has 1 aromatic carbocycles. The van der Waals surface area contributed by atoms with E-state index >= 15 is 0 Å². The fraction of sp³-hybridized carbons (Fsp3) is 0.500. The Morgan fingerprint density at radius 3 is 2.43 bits per heavy atom. The highest BCUT2D eigenvalue weighted by Gasteiger charge is 2.05. The molecule has 2 nitrogen and oxygen atoms in total. The predicted molar refractivity (Wildman–Crippen MR) is 63.2 cm³/mol. The Kier molecular flexibility index (Phi) is 3.39. The van der Waals surface area contributed by atoms with Gasteiger partial charge in [-0.15, -0.1) is 0 Å². The lowest BCUT2D eigenvalue weighted by Crippen LogP contribution is -2.02. The van der Waals surface area contributed by atoms with Crippen molar-refractivity contribution in [3.63, 3.8) is 0 Å². The Balaban J connectivity index is 2.89. The van der Waals surface area contributed by atoms with Crippen LogP contribution in [0, 0.1) is 12.8 Å². The molecule has 0 radical (unpaired) electrons. The Bertz CT molecular complexity index is 295. The number of hydrogen-bond acceptors (Lipinski definition) is 2. The van der Waals surface area contributed by atoms with E-state index in [-0.39, 0.29) is 0 Å². The van der Waals surface area contributed by atoms with Gasteiger partial charge in [-0.1, -0.05) is 26.3 Å². The van der Waals surface area contributed by atoms with Crippen molar-refractivity contribution in [2.75, 3.05) is 11.5 Å². The molecule has 78 valence electrons. The lowest BCUT2D eigenvalue weighted by molar-refractivity contribution is 0.560. The Morgan fingerprint density at radius 2 is 1.93 bits per heavy atom. The molecule has 0 saturated heterocycles. The first kappa shape index (κ1) is 10.9. The van der Waals surface area contributed by atoms with Crippen LogP contribution < -0.4 is 11.5 Å². The summed E-state index contributed by atoms with van der Waals surface area (Å²) in [5, 5.41) is 0. The second-order valence-electron chi connectivity index (χ2n) is 4.13. The maximum absolute atomic E-state index is 5.81. The molecule has 0 aliphatic carbocycles. The molecule has 0 aliphatic rings. The largest absolute Gasteiger partial charge is 0.397 e. The van der Waals surface area contributed by atoms with E-state index < -0.39 is 0 Å². The highest BCUT2D eigenvalue weighted by Crippen LogP contribution is 2.23. The zero-order valence-electron chi connectivity index (χ0n) is 9.30. The molecule has 2 heteroatoms. The van der Waals surface area contributed by atoms with Gasteiger partial charge in [-0.05, 0) is 36.5 Å². The maximum Gasteiger partial charge on any atom is 0.0577 e. The maximum atomic E-state index is 5.81. The van der Waals surface area contributed by atoms with E-state index in [0.29, 0.717) is 11.6 Å². The number of anilines is 2. The third-order valence-electron chi connectivity index (χ3n) is 2.76. The molecular weight excluding hydrogens is 172 g/mol. The monoisotopic (exact) mass is 192 g/mol. The van der Waals surface area contributed by atoms with Crippen molar-refractivity contribution in [3.05, 3.63) is 23.3 Å². The third-order valence-corrected chi connectivity index (χ3v) is 2.76. The van der Waals surface area contributed by atoms with Gasteiger partial charge in [0.1, 0.15) is 0 Å². The molecule has 0 aromatic heterocycles. The van der Waals surface area contributed by atoms with Crippen LogP contribution in [0.3, 0.4) is 0 Å². The first-order valence-electron chi connectivity index (χ1n) is 5.19. The van der Waals surface area contributed by atoms with Gasteiger partial charge < -0.3 is 11.5 Å². The summed E-state index contributed by atoms with van der Waals surface area (Å²) in [6, 6.07) is 4.13. The molecule has 1 rings (SSSR count). The van der Waals surface area contributed by atoms with E-state index in [9.17, 15) is 0 Å². The highest BCUT2D eigenvalue weighted by molar-refractivity contribution is 5.68.